The molecule has 0 aromatic rings. The smallest absolute Gasteiger partial charge is 0.302 e. The minimum absolute atomic E-state index is 0.0477. The summed E-state index contributed by atoms with van der Waals surface area (Å²) in [7, 11) is 0. The SMILES string of the molecule is C=C1CC/C=C(\C)CC[C@H](C(=C)C)[C@@H](O)C=C(COC(C)=O)CC[C@H]1O. The van der Waals surface area contributed by atoms with Crippen molar-refractivity contribution in [1.82, 2.24) is 0 Å². The van der Waals surface area contributed by atoms with Crippen LogP contribution in [-0.4, -0.2) is 35.0 Å². The number of rotatable bonds is 3. The van der Waals surface area contributed by atoms with Crippen molar-refractivity contribution in [1.29, 1.82) is 0 Å². The number of ether oxygens (including phenoxy) is 1. The Morgan fingerprint density at radius 2 is 1.92 bits per heavy atom. The molecule has 26 heavy (non-hydrogen) atoms. The molecule has 0 fully saturated rings. The van der Waals surface area contributed by atoms with Gasteiger partial charge in [-0.25, -0.2) is 0 Å². The molecule has 3 atom stereocenters. The van der Waals surface area contributed by atoms with Gasteiger partial charge in [-0.2, -0.15) is 0 Å². The van der Waals surface area contributed by atoms with Gasteiger partial charge in [-0.1, -0.05) is 36.5 Å². The Labute approximate surface area is 158 Å². The third kappa shape index (κ3) is 8.15. The lowest BCUT2D eigenvalue weighted by Gasteiger charge is -2.23. The fraction of sp³-hybridized carbons (Fsp3) is 0.591. The van der Waals surface area contributed by atoms with Gasteiger partial charge in [0.1, 0.15) is 6.61 Å². The van der Waals surface area contributed by atoms with Crippen molar-refractivity contribution in [2.75, 3.05) is 6.61 Å². The Kier molecular flexibility index (Phi) is 9.60. The van der Waals surface area contributed by atoms with Gasteiger partial charge in [-0.3, -0.25) is 4.79 Å². The Morgan fingerprint density at radius 3 is 2.54 bits per heavy atom. The van der Waals surface area contributed by atoms with Gasteiger partial charge >= 0.3 is 5.97 Å². The second-order valence-electron chi connectivity index (χ2n) is 7.39. The molecule has 0 amide bonds. The van der Waals surface area contributed by atoms with Crippen molar-refractivity contribution < 1.29 is 19.7 Å². The summed E-state index contributed by atoms with van der Waals surface area (Å²) in [5.41, 5.74) is 3.84. The third-order valence-corrected chi connectivity index (χ3v) is 4.93. The number of aliphatic hydroxyl groups excluding tert-OH is 2. The van der Waals surface area contributed by atoms with Crippen molar-refractivity contribution in [3.63, 3.8) is 0 Å². The Hall–Kier alpha value is -1.65. The second-order valence-corrected chi connectivity index (χ2v) is 7.39. The van der Waals surface area contributed by atoms with E-state index in [2.05, 4.69) is 26.2 Å². The molecule has 2 N–H and O–H groups in total. The summed E-state index contributed by atoms with van der Waals surface area (Å²) in [4.78, 5) is 11.2. The number of hydrogen-bond donors (Lipinski definition) is 2. The molecule has 0 bridgehead atoms. The van der Waals surface area contributed by atoms with Crippen molar-refractivity contribution in [2.45, 2.75) is 71.5 Å². The Balaban J connectivity index is 3.05. The van der Waals surface area contributed by atoms with Crippen LogP contribution in [0.25, 0.3) is 0 Å². The van der Waals surface area contributed by atoms with Crippen molar-refractivity contribution in [3.05, 3.63) is 47.6 Å². The number of hydrogen-bond acceptors (Lipinski definition) is 4. The van der Waals surface area contributed by atoms with Gasteiger partial charge < -0.3 is 14.9 Å². The molecule has 0 aromatic carbocycles. The van der Waals surface area contributed by atoms with Crippen LogP contribution in [0, 0.1) is 5.92 Å². The average Bonchev–Trinajstić information content (AvgIpc) is 2.55. The maximum Gasteiger partial charge on any atom is 0.302 e. The summed E-state index contributed by atoms with van der Waals surface area (Å²) in [6, 6.07) is 0. The molecule has 0 spiro atoms. The molecule has 0 radical (unpaired) electrons. The van der Waals surface area contributed by atoms with E-state index in [0.29, 0.717) is 12.8 Å². The van der Waals surface area contributed by atoms with E-state index in [0.717, 1.165) is 42.4 Å². The van der Waals surface area contributed by atoms with E-state index in [1.807, 2.05) is 6.92 Å². The van der Waals surface area contributed by atoms with Crippen LogP contribution in [0.15, 0.2) is 47.6 Å². The van der Waals surface area contributed by atoms with Gasteiger partial charge in [0.2, 0.25) is 0 Å². The monoisotopic (exact) mass is 362 g/mol. The van der Waals surface area contributed by atoms with E-state index in [1.54, 1.807) is 6.08 Å². The molecule has 4 heteroatoms. The van der Waals surface area contributed by atoms with Crippen molar-refractivity contribution in [2.24, 2.45) is 5.92 Å². The van der Waals surface area contributed by atoms with Gasteiger partial charge in [-0.15, -0.1) is 0 Å². The third-order valence-electron chi connectivity index (χ3n) is 4.93. The van der Waals surface area contributed by atoms with Crippen LogP contribution < -0.4 is 0 Å². The first-order valence-corrected chi connectivity index (χ1v) is 9.38. The van der Waals surface area contributed by atoms with E-state index in [4.69, 9.17) is 4.74 Å². The van der Waals surface area contributed by atoms with E-state index < -0.39 is 12.2 Å². The minimum Gasteiger partial charge on any atom is -0.461 e. The maximum atomic E-state index is 11.2. The Morgan fingerprint density at radius 1 is 1.23 bits per heavy atom. The fourth-order valence-corrected chi connectivity index (χ4v) is 3.15. The van der Waals surface area contributed by atoms with E-state index >= 15 is 0 Å². The molecule has 1 rings (SSSR count). The van der Waals surface area contributed by atoms with Gasteiger partial charge in [0, 0.05) is 12.8 Å². The molecule has 0 aromatic heterocycles. The quantitative estimate of drug-likeness (QED) is 0.582. The predicted octanol–water partition coefficient (Wildman–Crippen LogP) is 4.25. The molecule has 4 nitrogen and oxygen atoms in total. The highest BCUT2D eigenvalue weighted by atomic mass is 16.5. The highest BCUT2D eigenvalue weighted by molar-refractivity contribution is 5.66. The largest absolute Gasteiger partial charge is 0.461 e. The molecule has 0 heterocycles. The topological polar surface area (TPSA) is 66.8 Å². The summed E-state index contributed by atoms with van der Waals surface area (Å²) in [5, 5.41) is 21.0. The zero-order valence-electron chi connectivity index (χ0n) is 16.5. The zero-order chi connectivity index (χ0) is 19.7. The lowest BCUT2D eigenvalue weighted by atomic mass is 9.87. The van der Waals surface area contributed by atoms with Crippen LogP contribution in [0.1, 0.15) is 59.3 Å². The summed E-state index contributed by atoms with van der Waals surface area (Å²) in [5.74, 6) is -0.407. The summed E-state index contributed by atoms with van der Waals surface area (Å²) in [6.07, 6.45) is 7.04. The predicted molar refractivity (Wildman–Crippen MR) is 106 cm³/mol. The molecule has 1 aliphatic rings. The first-order valence-electron chi connectivity index (χ1n) is 9.38. The lowest BCUT2D eigenvalue weighted by Crippen LogP contribution is -2.21. The minimum atomic E-state index is -0.686. The summed E-state index contributed by atoms with van der Waals surface area (Å²) < 4.78 is 5.12. The van der Waals surface area contributed by atoms with Crippen LogP contribution in [0.3, 0.4) is 0 Å². The van der Waals surface area contributed by atoms with Crippen LogP contribution in [0.4, 0.5) is 0 Å². The Bertz CT molecular complexity index is 571. The van der Waals surface area contributed by atoms with Crippen LogP contribution in [0.2, 0.25) is 0 Å². The van der Waals surface area contributed by atoms with Crippen LogP contribution >= 0.6 is 0 Å². The highest BCUT2D eigenvalue weighted by Gasteiger charge is 2.20. The molecule has 0 unspecified atom stereocenters. The van der Waals surface area contributed by atoms with Crippen LogP contribution in [-0.2, 0) is 9.53 Å². The molecular weight excluding hydrogens is 328 g/mol. The van der Waals surface area contributed by atoms with Gasteiger partial charge in [0.05, 0.1) is 12.2 Å². The number of carbonyl (C=O) groups excluding carboxylic acids is 1. The number of allylic oxidation sites excluding steroid dienone is 2. The van der Waals surface area contributed by atoms with Gasteiger partial charge in [0.15, 0.2) is 0 Å². The molecular formula is C22H34O4. The normalized spacial score (nSPS) is 28.3. The number of aliphatic hydroxyl groups is 2. The van der Waals surface area contributed by atoms with Crippen LogP contribution in [0.5, 0.6) is 0 Å². The van der Waals surface area contributed by atoms with Gasteiger partial charge in [-0.05, 0) is 63.5 Å². The zero-order valence-corrected chi connectivity index (χ0v) is 16.5. The summed E-state index contributed by atoms with van der Waals surface area (Å²) in [6.45, 7) is 13.5. The molecule has 0 saturated heterocycles. The average molecular weight is 363 g/mol. The number of carbonyl (C=O) groups is 1. The maximum absolute atomic E-state index is 11.2. The molecule has 146 valence electrons. The second kappa shape index (κ2) is 11.1. The molecule has 0 aliphatic heterocycles. The summed E-state index contributed by atoms with van der Waals surface area (Å²) >= 11 is 0. The van der Waals surface area contributed by atoms with E-state index in [-0.39, 0.29) is 18.5 Å². The molecule has 0 saturated carbocycles. The molecule has 1 aliphatic carbocycles. The van der Waals surface area contributed by atoms with E-state index in [9.17, 15) is 15.0 Å². The number of esters is 1. The fourth-order valence-electron chi connectivity index (χ4n) is 3.15. The first-order chi connectivity index (χ1) is 12.2. The highest BCUT2D eigenvalue weighted by Crippen LogP contribution is 2.26. The first kappa shape index (κ1) is 22.4. The van der Waals surface area contributed by atoms with Crippen molar-refractivity contribution >= 4 is 5.97 Å². The van der Waals surface area contributed by atoms with Gasteiger partial charge in [0.25, 0.3) is 0 Å². The van der Waals surface area contributed by atoms with E-state index in [1.165, 1.54) is 12.5 Å². The van der Waals surface area contributed by atoms with Crippen molar-refractivity contribution in [3.8, 4) is 0 Å². The lowest BCUT2D eigenvalue weighted by molar-refractivity contribution is -0.140. The standard InChI is InChI=1S/C22H34O4/c1-15(2)20-11-9-16(3)7-6-8-17(4)21(24)12-10-19(13-22(20)25)14-26-18(5)23/h7,13,20-22,24-25H,1,4,6,8-12,14H2,2-3,5H3/b16-7+,19-13?/t20-,21-,22+/m1/s1.